The summed E-state index contributed by atoms with van der Waals surface area (Å²) in [5.74, 6) is 1.05. The Balaban J connectivity index is 1.69. The molecule has 1 N–H and O–H groups in total. The van der Waals surface area contributed by atoms with E-state index < -0.39 is 0 Å². The molecule has 0 bridgehead atoms. The van der Waals surface area contributed by atoms with Gasteiger partial charge in [0.2, 0.25) is 5.13 Å². The topological polar surface area (TPSA) is 73.3 Å². The SMILES string of the molecule is COc1ccc(Cc2nnc(NC(=O)c3cccc(Cl)c3)s2)cc1OC. The highest BCUT2D eigenvalue weighted by Gasteiger charge is 2.12. The fourth-order valence-electron chi connectivity index (χ4n) is 2.34. The molecular formula is C18H16ClN3O3S. The molecule has 0 radical (unpaired) electrons. The van der Waals surface area contributed by atoms with Gasteiger partial charge in [-0.15, -0.1) is 10.2 Å². The number of hydrogen-bond acceptors (Lipinski definition) is 6. The molecule has 134 valence electrons. The van der Waals surface area contributed by atoms with Crippen LogP contribution in [0.25, 0.3) is 0 Å². The minimum Gasteiger partial charge on any atom is -0.493 e. The first-order chi connectivity index (χ1) is 12.6. The Morgan fingerprint density at radius 2 is 1.92 bits per heavy atom. The summed E-state index contributed by atoms with van der Waals surface area (Å²) in [6.07, 6.45) is 0.574. The van der Waals surface area contributed by atoms with E-state index in [1.54, 1.807) is 38.5 Å². The Morgan fingerprint density at radius 1 is 1.12 bits per heavy atom. The zero-order chi connectivity index (χ0) is 18.5. The fourth-order valence-corrected chi connectivity index (χ4v) is 3.30. The molecule has 1 aromatic heterocycles. The quantitative estimate of drug-likeness (QED) is 0.688. The maximum Gasteiger partial charge on any atom is 0.257 e. The number of nitrogens with zero attached hydrogens (tertiary/aromatic N) is 2. The Hall–Kier alpha value is -2.64. The van der Waals surface area contributed by atoms with Gasteiger partial charge in [0.15, 0.2) is 11.5 Å². The highest BCUT2D eigenvalue weighted by Crippen LogP contribution is 2.29. The van der Waals surface area contributed by atoms with Gasteiger partial charge in [-0.2, -0.15) is 0 Å². The van der Waals surface area contributed by atoms with Crippen molar-refractivity contribution in [1.82, 2.24) is 10.2 Å². The van der Waals surface area contributed by atoms with Gasteiger partial charge in [-0.25, -0.2) is 0 Å². The number of rotatable bonds is 6. The first kappa shape index (κ1) is 18.2. The number of ether oxygens (including phenoxy) is 2. The molecule has 2 aromatic carbocycles. The van der Waals surface area contributed by atoms with Gasteiger partial charge in [0.05, 0.1) is 14.2 Å². The van der Waals surface area contributed by atoms with Crippen molar-refractivity contribution in [2.45, 2.75) is 6.42 Å². The number of amides is 1. The van der Waals surface area contributed by atoms with E-state index in [0.29, 0.717) is 33.6 Å². The van der Waals surface area contributed by atoms with Gasteiger partial charge in [0.1, 0.15) is 5.01 Å². The number of halogens is 1. The summed E-state index contributed by atoms with van der Waals surface area (Å²) in [4.78, 5) is 12.2. The molecular weight excluding hydrogens is 374 g/mol. The summed E-state index contributed by atoms with van der Waals surface area (Å²) < 4.78 is 10.5. The van der Waals surface area contributed by atoms with Gasteiger partial charge in [-0.3, -0.25) is 10.1 Å². The van der Waals surface area contributed by atoms with Crippen molar-refractivity contribution >= 4 is 34.0 Å². The molecule has 0 unspecified atom stereocenters. The largest absolute Gasteiger partial charge is 0.493 e. The van der Waals surface area contributed by atoms with Crippen LogP contribution >= 0.6 is 22.9 Å². The number of aromatic nitrogens is 2. The fraction of sp³-hybridized carbons (Fsp3) is 0.167. The second-order valence-corrected chi connectivity index (χ2v) is 6.83. The number of anilines is 1. The molecule has 0 aliphatic carbocycles. The molecule has 0 saturated carbocycles. The Morgan fingerprint density at radius 3 is 2.65 bits per heavy atom. The Labute approximate surface area is 159 Å². The first-order valence-corrected chi connectivity index (χ1v) is 8.88. The van der Waals surface area contributed by atoms with E-state index in [2.05, 4.69) is 15.5 Å². The van der Waals surface area contributed by atoms with E-state index in [-0.39, 0.29) is 5.91 Å². The van der Waals surface area contributed by atoms with Crippen LogP contribution in [-0.2, 0) is 6.42 Å². The smallest absolute Gasteiger partial charge is 0.257 e. The lowest BCUT2D eigenvalue weighted by Gasteiger charge is -2.08. The number of carbonyl (C=O) groups excluding carboxylic acids is 1. The second kappa shape index (κ2) is 8.16. The van der Waals surface area contributed by atoms with E-state index >= 15 is 0 Å². The van der Waals surface area contributed by atoms with E-state index in [9.17, 15) is 4.79 Å². The third-order valence-corrected chi connectivity index (χ3v) is 4.65. The summed E-state index contributed by atoms with van der Waals surface area (Å²) in [5.41, 5.74) is 1.47. The van der Waals surface area contributed by atoms with E-state index in [4.69, 9.17) is 21.1 Å². The zero-order valence-electron chi connectivity index (χ0n) is 14.2. The van der Waals surface area contributed by atoms with Gasteiger partial charge >= 0.3 is 0 Å². The molecule has 3 rings (SSSR count). The normalized spacial score (nSPS) is 10.4. The van der Waals surface area contributed by atoms with Crippen LogP contribution in [0.15, 0.2) is 42.5 Å². The molecule has 0 fully saturated rings. The van der Waals surface area contributed by atoms with Crippen molar-refractivity contribution in [3.63, 3.8) is 0 Å². The molecule has 6 nitrogen and oxygen atoms in total. The van der Waals surface area contributed by atoms with Gasteiger partial charge in [0.25, 0.3) is 5.91 Å². The minimum atomic E-state index is -0.277. The maximum absolute atomic E-state index is 12.2. The number of methoxy groups -OCH3 is 2. The van der Waals surface area contributed by atoms with Crippen molar-refractivity contribution < 1.29 is 14.3 Å². The lowest BCUT2D eigenvalue weighted by atomic mass is 10.1. The highest BCUT2D eigenvalue weighted by atomic mass is 35.5. The van der Waals surface area contributed by atoms with Gasteiger partial charge in [-0.05, 0) is 35.9 Å². The summed E-state index contributed by atoms with van der Waals surface area (Å²) in [7, 11) is 3.19. The number of benzene rings is 2. The van der Waals surface area contributed by atoms with Crippen LogP contribution in [0.4, 0.5) is 5.13 Å². The predicted molar refractivity (Wildman–Crippen MR) is 102 cm³/mol. The zero-order valence-corrected chi connectivity index (χ0v) is 15.7. The average Bonchev–Trinajstić information content (AvgIpc) is 3.08. The second-order valence-electron chi connectivity index (χ2n) is 5.33. The molecule has 0 atom stereocenters. The maximum atomic E-state index is 12.2. The monoisotopic (exact) mass is 389 g/mol. The van der Waals surface area contributed by atoms with Gasteiger partial charge in [0, 0.05) is 17.0 Å². The summed E-state index contributed by atoms with van der Waals surface area (Å²) in [5, 5.41) is 12.6. The van der Waals surface area contributed by atoms with Gasteiger partial charge < -0.3 is 9.47 Å². The molecule has 26 heavy (non-hydrogen) atoms. The summed E-state index contributed by atoms with van der Waals surface area (Å²) >= 11 is 7.23. The van der Waals surface area contributed by atoms with Crippen molar-refractivity contribution in [2.24, 2.45) is 0 Å². The van der Waals surface area contributed by atoms with Crippen LogP contribution in [0.3, 0.4) is 0 Å². The molecule has 0 saturated heterocycles. The van der Waals surface area contributed by atoms with Gasteiger partial charge in [-0.1, -0.05) is 35.1 Å². The Bertz CT molecular complexity index is 930. The van der Waals surface area contributed by atoms with Crippen LogP contribution in [-0.4, -0.2) is 30.3 Å². The lowest BCUT2D eigenvalue weighted by Crippen LogP contribution is -2.11. The van der Waals surface area contributed by atoms with Crippen molar-refractivity contribution in [2.75, 3.05) is 19.5 Å². The third-order valence-electron chi connectivity index (χ3n) is 3.58. The average molecular weight is 390 g/mol. The van der Waals surface area contributed by atoms with Crippen LogP contribution < -0.4 is 14.8 Å². The Kier molecular flexibility index (Phi) is 5.70. The summed E-state index contributed by atoms with van der Waals surface area (Å²) in [6, 6.07) is 12.4. The van der Waals surface area contributed by atoms with Crippen LogP contribution in [0, 0.1) is 0 Å². The predicted octanol–water partition coefficient (Wildman–Crippen LogP) is 4.05. The highest BCUT2D eigenvalue weighted by molar-refractivity contribution is 7.15. The minimum absolute atomic E-state index is 0.277. The van der Waals surface area contributed by atoms with Crippen molar-refractivity contribution in [1.29, 1.82) is 0 Å². The number of carbonyl (C=O) groups is 1. The van der Waals surface area contributed by atoms with Crippen LogP contribution in [0.5, 0.6) is 11.5 Å². The molecule has 0 aliphatic heterocycles. The van der Waals surface area contributed by atoms with Crippen molar-refractivity contribution in [3.05, 3.63) is 63.6 Å². The third kappa shape index (κ3) is 4.30. The molecule has 0 aliphatic rings. The van der Waals surface area contributed by atoms with Crippen LogP contribution in [0.1, 0.15) is 20.9 Å². The van der Waals surface area contributed by atoms with E-state index in [1.807, 2.05) is 18.2 Å². The number of nitrogens with one attached hydrogen (secondary N) is 1. The van der Waals surface area contributed by atoms with E-state index in [1.165, 1.54) is 11.3 Å². The molecule has 0 spiro atoms. The number of hydrogen-bond donors (Lipinski definition) is 1. The lowest BCUT2D eigenvalue weighted by molar-refractivity contribution is 0.102. The van der Waals surface area contributed by atoms with E-state index in [0.717, 1.165) is 10.6 Å². The van der Waals surface area contributed by atoms with Crippen LogP contribution in [0.2, 0.25) is 5.02 Å². The molecule has 1 amide bonds. The molecule has 8 heteroatoms. The standard InChI is InChI=1S/C18H16ClN3O3S/c1-24-14-7-6-11(8-15(14)25-2)9-16-21-22-18(26-16)20-17(23)12-4-3-5-13(19)10-12/h3-8,10H,9H2,1-2H3,(H,20,22,23). The molecule has 3 aromatic rings. The molecule has 1 heterocycles. The van der Waals surface area contributed by atoms with Crippen molar-refractivity contribution in [3.8, 4) is 11.5 Å². The summed E-state index contributed by atoms with van der Waals surface area (Å²) in [6.45, 7) is 0. The first-order valence-electron chi connectivity index (χ1n) is 7.69.